The zero-order chi connectivity index (χ0) is 25.4. The van der Waals surface area contributed by atoms with E-state index in [-0.39, 0.29) is 23.1 Å². The quantitative estimate of drug-likeness (QED) is 0.396. The summed E-state index contributed by atoms with van der Waals surface area (Å²) in [6.07, 6.45) is 4.08. The summed E-state index contributed by atoms with van der Waals surface area (Å²) in [6.45, 7) is 5.60. The highest BCUT2D eigenvalue weighted by atomic mass is 19.3. The van der Waals surface area contributed by atoms with Gasteiger partial charge in [-0.15, -0.1) is 0 Å². The Morgan fingerprint density at radius 1 is 1.25 bits per heavy atom. The lowest BCUT2D eigenvalue weighted by Gasteiger charge is -2.60. The summed E-state index contributed by atoms with van der Waals surface area (Å²) in [5.74, 6) is -0.724. The predicted octanol–water partition coefficient (Wildman–Crippen LogP) is 4.20. The Balaban J connectivity index is 1.49. The number of aromatic amines is 1. The number of nitrogens with one attached hydrogen (secondary N) is 1. The third kappa shape index (κ3) is 3.27. The Bertz CT molecular complexity index is 1380. The smallest absolute Gasteiger partial charge is 0.379 e. The van der Waals surface area contributed by atoms with Gasteiger partial charge in [-0.1, -0.05) is 12.1 Å². The number of halogens is 1. The number of rotatable bonds is 5. The Morgan fingerprint density at radius 3 is 2.75 bits per heavy atom. The van der Waals surface area contributed by atoms with Crippen molar-refractivity contribution in [1.29, 1.82) is 0 Å². The summed E-state index contributed by atoms with van der Waals surface area (Å²) in [5, 5.41) is 34.7. The van der Waals surface area contributed by atoms with Crippen molar-refractivity contribution in [3.05, 3.63) is 58.3 Å². The summed E-state index contributed by atoms with van der Waals surface area (Å²) in [6, 6.07) is 8.13. The van der Waals surface area contributed by atoms with Crippen molar-refractivity contribution in [1.82, 2.24) is 9.88 Å². The number of aryl methyl sites for hydroxylation is 1. The van der Waals surface area contributed by atoms with Crippen molar-refractivity contribution in [3.8, 4) is 11.5 Å². The number of aromatic nitrogens is 1. The number of H-pyrrole nitrogens is 1. The molecule has 8 heteroatoms. The van der Waals surface area contributed by atoms with E-state index in [1.807, 2.05) is 19.9 Å². The molecule has 190 valence electrons. The minimum Gasteiger partial charge on any atom is -0.504 e. The second-order valence-electron chi connectivity index (χ2n) is 11.1. The number of likely N-dealkylation sites (tertiary alicyclic amines) is 1. The highest BCUT2D eigenvalue weighted by molar-refractivity contribution is 5.95. The third-order valence-corrected chi connectivity index (χ3v) is 9.15. The number of phenolic OH excluding ortho intramolecular Hbond substituents is 2. The molecule has 1 aliphatic heterocycles. The highest BCUT2D eigenvalue weighted by Gasteiger charge is 2.61. The summed E-state index contributed by atoms with van der Waals surface area (Å²) < 4.78 is 12.5. The largest absolute Gasteiger partial charge is 0.504 e. The molecule has 3 unspecified atom stereocenters. The standard InChI is InChI=1S/C28H31FN2O5/c1-15-19-7-5-18(26(34)36-29)11-20(19)30-21(15)13-28-9-10-31(14-16-3-4-16)23(27(28,2)35)12-17-6-8-22(32)25(33)24(17)28/h5-8,11,16,23,30,32-33,35H,3-4,9-10,12-14H2,1-2H3. The van der Waals surface area contributed by atoms with Gasteiger partial charge in [-0.3, -0.25) is 4.90 Å². The van der Waals surface area contributed by atoms with Crippen molar-refractivity contribution in [2.24, 2.45) is 5.92 Å². The number of benzene rings is 2. The lowest BCUT2D eigenvalue weighted by Crippen LogP contribution is -2.71. The van der Waals surface area contributed by atoms with Crippen molar-refractivity contribution in [2.45, 2.75) is 63.0 Å². The molecule has 2 fully saturated rings. The van der Waals surface area contributed by atoms with Crippen LogP contribution in [0.4, 0.5) is 4.53 Å². The molecule has 2 bridgehead atoms. The van der Waals surface area contributed by atoms with Crippen LogP contribution in [-0.2, 0) is 23.2 Å². The molecule has 6 rings (SSSR count). The van der Waals surface area contributed by atoms with Gasteiger partial charge in [0.1, 0.15) is 0 Å². The van der Waals surface area contributed by atoms with E-state index in [0.717, 1.165) is 35.3 Å². The average Bonchev–Trinajstić information content (AvgIpc) is 3.62. The maximum Gasteiger partial charge on any atom is 0.379 e. The zero-order valence-electron chi connectivity index (χ0n) is 20.5. The molecular formula is C28H31FN2O5. The molecule has 1 aromatic heterocycles. The van der Waals surface area contributed by atoms with E-state index >= 15 is 0 Å². The number of piperidine rings is 1. The molecule has 1 saturated heterocycles. The SMILES string of the molecule is Cc1c(CC23CCN(CC4CC4)C(Cc4ccc(O)c(O)c42)C3(C)O)[nH]c2cc(C(=O)OF)ccc12. The summed E-state index contributed by atoms with van der Waals surface area (Å²) in [5.41, 5.74) is 2.13. The van der Waals surface area contributed by atoms with Crippen molar-refractivity contribution >= 4 is 16.9 Å². The van der Waals surface area contributed by atoms with Crippen LogP contribution in [0.5, 0.6) is 11.5 Å². The Kier molecular flexibility index (Phi) is 5.15. The van der Waals surface area contributed by atoms with E-state index in [9.17, 15) is 24.6 Å². The molecule has 0 amide bonds. The van der Waals surface area contributed by atoms with E-state index in [1.165, 1.54) is 25.0 Å². The molecule has 3 aromatic rings. The zero-order valence-corrected chi connectivity index (χ0v) is 20.5. The molecule has 3 atom stereocenters. The first-order chi connectivity index (χ1) is 17.2. The van der Waals surface area contributed by atoms with Gasteiger partial charge in [0.05, 0.1) is 11.2 Å². The molecule has 1 saturated carbocycles. The number of carbonyl (C=O) groups excluding carboxylic acids is 1. The van der Waals surface area contributed by atoms with Crippen LogP contribution >= 0.6 is 0 Å². The highest BCUT2D eigenvalue weighted by Crippen LogP contribution is 2.57. The number of aliphatic hydroxyl groups is 1. The first-order valence-corrected chi connectivity index (χ1v) is 12.6. The van der Waals surface area contributed by atoms with Gasteiger partial charge in [0, 0.05) is 51.1 Å². The van der Waals surface area contributed by atoms with E-state index in [2.05, 4.69) is 14.8 Å². The summed E-state index contributed by atoms with van der Waals surface area (Å²) in [7, 11) is 0. The minimum absolute atomic E-state index is 0.0991. The molecule has 3 aliphatic rings. The van der Waals surface area contributed by atoms with E-state index in [1.54, 1.807) is 12.1 Å². The fraction of sp³-hybridized carbons (Fsp3) is 0.464. The van der Waals surface area contributed by atoms with Crippen LogP contribution in [0.15, 0.2) is 30.3 Å². The normalized spacial score (nSPS) is 27.7. The first-order valence-electron chi connectivity index (χ1n) is 12.6. The minimum atomic E-state index is -1.18. The van der Waals surface area contributed by atoms with Gasteiger partial charge in [-0.2, -0.15) is 0 Å². The first kappa shape index (κ1) is 23.3. The fourth-order valence-corrected chi connectivity index (χ4v) is 6.91. The molecule has 2 aliphatic carbocycles. The van der Waals surface area contributed by atoms with Crippen molar-refractivity contribution in [2.75, 3.05) is 13.1 Å². The number of hydrogen-bond donors (Lipinski definition) is 4. The molecular weight excluding hydrogens is 463 g/mol. The van der Waals surface area contributed by atoms with Gasteiger partial charge in [0.25, 0.3) is 0 Å². The maximum absolute atomic E-state index is 12.5. The van der Waals surface area contributed by atoms with Gasteiger partial charge < -0.3 is 20.3 Å². The summed E-state index contributed by atoms with van der Waals surface area (Å²) in [4.78, 5) is 20.9. The van der Waals surface area contributed by atoms with Gasteiger partial charge in [-0.05, 0) is 81.3 Å². The van der Waals surface area contributed by atoms with E-state index in [4.69, 9.17) is 0 Å². The van der Waals surface area contributed by atoms with Crippen LogP contribution in [0.2, 0.25) is 0 Å². The van der Waals surface area contributed by atoms with Crippen molar-refractivity contribution < 1.29 is 29.6 Å². The monoisotopic (exact) mass is 494 g/mol. The van der Waals surface area contributed by atoms with Gasteiger partial charge in [-0.25, -0.2) is 9.74 Å². The molecule has 36 heavy (non-hydrogen) atoms. The molecule has 2 heterocycles. The van der Waals surface area contributed by atoms with Crippen LogP contribution in [0.3, 0.4) is 0 Å². The number of aromatic hydroxyl groups is 2. The Morgan fingerprint density at radius 2 is 2.03 bits per heavy atom. The lowest BCUT2D eigenvalue weighted by molar-refractivity contribution is -0.136. The number of hydrogen-bond acceptors (Lipinski definition) is 6. The fourth-order valence-electron chi connectivity index (χ4n) is 6.91. The summed E-state index contributed by atoms with van der Waals surface area (Å²) >= 11 is 0. The van der Waals surface area contributed by atoms with Gasteiger partial charge in [0.2, 0.25) is 0 Å². The van der Waals surface area contributed by atoms with Crippen molar-refractivity contribution in [3.63, 3.8) is 0 Å². The van der Waals surface area contributed by atoms with Crippen LogP contribution in [-0.4, -0.2) is 55.9 Å². The molecule has 0 spiro atoms. The molecule has 7 nitrogen and oxygen atoms in total. The topological polar surface area (TPSA) is 106 Å². The second kappa shape index (κ2) is 7.95. The van der Waals surface area contributed by atoms with Crippen LogP contribution in [0, 0.1) is 12.8 Å². The number of nitrogens with zero attached hydrogens (tertiary/aromatic N) is 1. The lowest BCUT2D eigenvalue weighted by atomic mass is 9.53. The second-order valence-corrected chi connectivity index (χ2v) is 11.1. The van der Waals surface area contributed by atoms with E-state index in [0.29, 0.717) is 36.3 Å². The average molecular weight is 495 g/mol. The maximum atomic E-state index is 12.5. The van der Waals surface area contributed by atoms with Crippen LogP contribution in [0.1, 0.15) is 58.9 Å². The molecule has 0 radical (unpaired) electrons. The van der Waals surface area contributed by atoms with Gasteiger partial charge >= 0.3 is 5.97 Å². The van der Waals surface area contributed by atoms with E-state index < -0.39 is 17.0 Å². The van der Waals surface area contributed by atoms with Crippen LogP contribution in [0.25, 0.3) is 10.9 Å². The van der Waals surface area contributed by atoms with Crippen LogP contribution < -0.4 is 0 Å². The Hall–Kier alpha value is -3.10. The van der Waals surface area contributed by atoms with Gasteiger partial charge in [0.15, 0.2) is 11.5 Å². The third-order valence-electron chi connectivity index (χ3n) is 9.15. The number of carbonyl (C=O) groups is 1. The Labute approximate surface area is 208 Å². The molecule has 2 aromatic carbocycles. The number of phenols is 2. The number of fused-ring (bicyclic) bond motifs is 5. The molecule has 4 N–H and O–H groups in total. The predicted molar refractivity (Wildman–Crippen MR) is 132 cm³/mol.